The zero-order valence-corrected chi connectivity index (χ0v) is 15.6. The van der Waals surface area contributed by atoms with Crippen LogP contribution in [-0.4, -0.2) is 32.7 Å². The molecule has 0 saturated carbocycles. The SMILES string of the molecule is O=C1N(c2ccc3[nH]ccc3c2)CC[C@@]1(O)c1noc(Cc2cc(F)cc(F)c2)n1. The van der Waals surface area contributed by atoms with Crippen molar-refractivity contribution in [2.24, 2.45) is 0 Å². The molecule has 2 N–H and O–H groups in total. The molecule has 1 fully saturated rings. The van der Waals surface area contributed by atoms with Crippen LogP contribution in [0.5, 0.6) is 0 Å². The maximum Gasteiger partial charge on any atom is 0.267 e. The fourth-order valence-electron chi connectivity index (χ4n) is 3.75. The average molecular weight is 410 g/mol. The molecule has 0 radical (unpaired) electrons. The van der Waals surface area contributed by atoms with Gasteiger partial charge in [0, 0.05) is 41.8 Å². The van der Waals surface area contributed by atoms with E-state index in [9.17, 15) is 18.7 Å². The molecule has 4 aromatic rings. The van der Waals surface area contributed by atoms with Crippen LogP contribution in [0.4, 0.5) is 14.5 Å². The van der Waals surface area contributed by atoms with Crippen molar-refractivity contribution in [3.05, 3.63) is 77.6 Å². The van der Waals surface area contributed by atoms with Crippen molar-refractivity contribution in [1.82, 2.24) is 15.1 Å². The Morgan fingerprint density at radius 3 is 2.77 bits per heavy atom. The molecule has 2 aromatic carbocycles. The van der Waals surface area contributed by atoms with Gasteiger partial charge in [-0.15, -0.1) is 0 Å². The van der Waals surface area contributed by atoms with Crippen LogP contribution in [0.15, 0.2) is 53.2 Å². The van der Waals surface area contributed by atoms with E-state index >= 15 is 0 Å². The van der Waals surface area contributed by atoms with Crippen LogP contribution < -0.4 is 4.90 Å². The molecule has 0 bridgehead atoms. The number of halogens is 2. The summed E-state index contributed by atoms with van der Waals surface area (Å²) in [5.41, 5.74) is -0.0321. The molecule has 1 aliphatic heterocycles. The number of benzene rings is 2. The second kappa shape index (κ2) is 6.74. The number of rotatable bonds is 4. The van der Waals surface area contributed by atoms with E-state index in [2.05, 4.69) is 15.1 Å². The first-order valence-corrected chi connectivity index (χ1v) is 9.32. The highest BCUT2D eigenvalue weighted by Crippen LogP contribution is 2.35. The largest absolute Gasteiger partial charge is 0.373 e. The predicted octanol–water partition coefficient (Wildman–Crippen LogP) is 3.04. The molecule has 7 nitrogen and oxygen atoms in total. The summed E-state index contributed by atoms with van der Waals surface area (Å²) in [5, 5.41) is 15.7. The van der Waals surface area contributed by atoms with Gasteiger partial charge in [-0.1, -0.05) is 5.16 Å². The average Bonchev–Trinajstić information content (AvgIpc) is 3.41. The lowest BCUT2D eigenvalue weighted by Crippen LogP contribution is -2.38. The minimum absolute atomic E-state index is 0.0280. The topological polar surface area (TPSA) is 95.2 Å². The summed E-state index contributed by atoms with van der Waals surface area (Å²) in [7, 11) is 0. The first-order valence-electron chi connectivity index (χ1n) is 9.32. The van der Waals surface area contributed by atoms with Crippen molar-refractivity contribution >= 4 is 22.5 Å². The molecule has 1 saturated heterocycles. The number of aliphatic hydroxyl groups is 1. The number of hydrogen-bond donors (Lipinski definition) is 2. The van der Waals surface area contributed by atoms with E-state index in [1.807, 2.05) is 24.4 Å². The first kappa shape index (κ1) is 18.4. The number of aromatic nitrogens is 3. The molecule has 30 heavy (non-hydrogen) atoms. The van der Waals surface area contributed by atoms with Crippen molar-refractivity contribution in [2.75, 3.05) is 11.4 Å². The van der Waals surface area contributed by atoms with Gasteiger partial charge in [-0.2, -0.15) is 4.98 Å². The van der Waals surface area contributed by atoms with Crippen molar-refractivity contribution in [3.8, 4) is 0 Å². The van der Waals surface area contributed by atoms with E-state index in [-0.39, 0.29) is 31.1 Å². The smallest absolute Gasteiger partial charge is 0.267 e. The number of carbonyl (C=O) groups excluding carboxylic acids is 1. The Labute approximate surface area is 168 Å². The molecular weight excluding hydrogens is 394 g/mol. The Bertz CT molecular complexity index is 1250. The van der Waals surface area contributed by atoms with Gasteiger partial charge in [0.25, 0.3) is 5.91 Å². The second-order valence-corrected chi connectivity index (χ2v) is 7.28. The maximum atomic E-state index is 13.4. The molecule has 1 amide bonds. The van der Waals surface area contributed by atoms with Gasteiger partial charge in [0.15, 0.2) is 0 Å². The summed E-state index contributed by atoms with van der Waals surface area (Å²) in [4.78, 5) is 21.7. The van der Waals surface area contributed by atoms with Crippen molar-refractivity contribution < 1.29 is 23.2 Å². The first-order chi connectivity index (χ1) is 14.4. The molecule has 152 valence electrons. The summed E-state index contributed by atoms with van der Waals surface area (Å²) in [6.07, 6.45) is 1.87. The van der Waals surface area contributed by atoms with Crippen LogP contribution >= 0.6 is 0 Å². The number of fused-ring (bicyclic) bond motifs is 1. The highest BCUT2D eigenvalue weighted by Gasteiger charge is 2.50. The third kappa shape index (κ3) is 3.03. The highest BCUT2D eigenvalue weighted by molar-refractivity contribution is 6.03. The number of H-pyrrole nitrogens is 1. The highest BCUT2D eigenvalue weighted by atomic mass is 19.1. The van der Waals surface area contributed by atoms with E-state index in [4.69, 9.17) is 4.52 Å². The number of anilines is 1. The zero-order chi connectivity index (χ0) is 20.9. The predicted molar refractivity (Wildman–Crippen MR) is 103 cm³/mol. The van der Waals surface area contributed by atoms with E-state index < -0.39 is 23.1 Å². The normalized spacial score (nSPS) is 19.2. The van der Waals surface area contributed by atoms with Crippen LogP contribution in [0.25, 0.3) is 10.9 Å². The van der Waals surface area contributed by atoms with Crippen LogP contribution in [0.2, 0.25) is 0 Å². The van der Waals surface area contributed by atoms with Crippen LogP contribution in [0.3, 0.4) is 0 Å². The number of aromatic amines is 1. The zero-order valence-electron chi connectivity index (χ0n) is 15.6. The molecule has 5 rings (SSSR count). The number of nitrogens with one attached hydrogen (secondary N) is 1. The molecule has 1 aliphatic rings. The molecule has 1 atom stereocenters. The number of hydrogen-bond acceptors (Lipinski definition) is 5. The van der Waals surface area contributed by atoms with Gasteiger partial charge in [0.05, 0.1) is 6.42 Å². The van der Waals surface area contributed by atoms with E-state index in [1.54, 1.807) is 6.07 Å². The quantitative estimate of drug-likeness (QED) is 0.539. The van der Waals surface area contributed by atoms with Gasteiger partial charge in [-0.05, 0) is 42.0 Å². The lowest BCUT2D eigenvalue weighted by atomic mass is 10.0. The van der Waals surface area contributed by atoms with E-state index in [1.165, 1.54) is 4.90 Å². The van der Waals surface area contributed by atoms with E-state index in [0.717, 1.165) is 29.1 Å². The van der Waals surface area contributed by atoms with Gasteiger partial charge in [0.2, 0.25) is 17.3 Å². The molecule has 0 unspecified atom stereocenters. The Morgan fingerprint density at radius 1 is 1.17 bits per heavy atom. The van der Waals surface area contributed by atoms with Crippen LogP contribution in [0, 0.1) is 11.6 Å². The number of carbonyl (C=O) groups is 1. The lowest BCUT2D eigenvalue weighted by molar-refractivity contribution is -0.134. The second-order valence-electron chi connectivity index (χ2n) is 7.28. The standard InChI is InChI=1S/C21H16F2N4O3/c22-14-7-12(8-15(23)11-14)9-18-25-19(26-30-18)21(29)4-6-27(20(21)28)16-1-2-17-13(10-16)3-5-24-17/h1-3,5,7-8,10-11,24,29H,4,6,9H2/t21-/m1/s1. The summed E-state index contributed by atoms with van der Waals surface area (Å²) in [5.74, 6) is -2.11. The summed E-state index contributed by atoms with van der Waals surface area (Å²) < 4.78 is 31.9. The molecule has 2 aromatic heterocycles. The van der Waals surface area contributed by atoms with Gasteiger partial charge in [0.1, 0.15) is 11.6 Å². The Balaban J connectivity index is 1.39. The molecule has 9 heteroatoms. The van der Waals surface area contributed by atoms with Crippen molar-refractivity contribution in [2.45, 2.75) is 18.4 Å². The van der Waals surface area contributed by atoms with Crippen molar-refractivity contribution in [1.29, 1.82) is 0 Å². The van der Waals surface area contributed by atoms with Gasteiger partial charge >= 0.3 is 0 Å². The van der Waals surface area contributed by atoms with Crippen LogP contribution in [-0.2, 0) is 16.8 Å². The van der Waals surface area contributed by atoms with Gasteiger partial charge in [-0.25, -0.2) is 8.78 Å². The Hall–Kier alpha value is -3.59. The van der Waals surface area contributed by atoms with Crippen LogP contribution in [0.1, 0.15) is 23.7 Å². The number of nitrogens with zero attached hydrogens (tertiary/aromatic N) is 3. The fraction of sp³-hybridized carbons (Fsp3) is 0.190. The Kier molecular flexibility index (Phi) is 4.14. The summed E-state index contributed by atoms with van der Waals surface area (Å²) in [6, 6.07) is 10.5. The summed E-state index contributed by atoms with van der Waals surface area (Å²) in [6.45, 7) is 0.282. The third-order valence-electron chi connectivity index (χ3n) is 5.26. The van der Waals surface area contributed by atoms with E-state index in [0.29, 0.717) is 11.3 Å². The Morgan fingerprint density at radius 2 is 1.97 bits per heavy atom. The van der Waals surface area contributed by atoms with Gasteiger partial charge < -0.3 is 19.5 Å². The fourth-order valence-corrected chi connectivity index (χ4v) is 3.75. The van der Waals surface area contributed by atoms with Gasteiger partial charge in [-0.3, -0.25) is 4.79 Å². The molecular formula is C21H16F2N4O3. The van der Waals surface area contributed by atoms with Crippen molar-refractivity contribution in [3.63, 3.8) is 0 Å². The minimum Gasteiger partial charge on any atom is -0.373 e. The lowest BCUT2D eigenvalue weighted by Gasteiger charge is -2.19. The molecule has 0 spiro atoms. The number of amides is 1. The monoisotopic (exact) mass is 410 g/mol. The third-order valence-corrected chi connectivity index (χ3v) is 5.26. The maximum absolute atomic E-state index is 13.4. The minimum atomic E-state index is -1.93. The summed E-state index contributed by atoms with van der Waals surface area (Å²) >= 11 is 0. The molecule has 3 heterocycles. The molecule has 0 aliphatic carbocycles.